The van der Waals surface area contributed by atoms with Crippen LogP contribution in [0.4, 0.5) is 5.69 Å². The maximum absolute atomic E-state index is 12.7. The van der Waals surface area contributed by atoms with Crippen LogP contribution < -0.4 is 10.1 Å². The van der Waals surface area contributed by atoms with Crippen molar-refractivity contribution in [3.63, 3.8) is 0 Å². The van der Waals surface area contributed by atoms with Crippen LogP contribution in [0.2, 0.25) is 5.02 Å². The first kappa shape index (κ1) is 27.0. The van der Waals surface area contributed by atoms with Gasteiger partial charge in [0, 0.05) is 12.1 Å². The highest BCUT2D eigenvalue weighted by Crippen LogP contribution is 2.27. The Morgan fingerprint density at radius 1 is 1.08 bits per heavy atom. The van der Waals surface area contributed by atoms with Gasteiger partial charge in [0.15, 0.2) is 17.1 Å². The molecule has 2 aromatic carbocycles. The van der Waals surface area contributed by atoms with Gasteiger partial charge in [-0.15, -0.1) is 10.2 Å². The van der Waals surface area contributed by atoms with Crippen LogP contribution in [0, 0.1) is 6.92 Å². The van der Waals surface area contributed by atoms with Gasteiger partial charge in [0.25, 0.3) is 0 Å². The van der Waals surface area contributed by atoms with Gasteiger partial charge in [-0.1, -0.05) is 23.4 Å². The minimum atomic E-state index is -0.655. The number of hydrogen-bond acceptors (Lipinski definition) is 9. The van der Waals surface area contributed by atoms with E-state index in [9.17, 15) is 14.4 Å². The van der Waals surface area contributed by atoms with Crippen LogP contribution in [0.3, 0.4) is 0 Å². The summed E-state index contributed by atoms with van der Waals surface area (Å²) < 4.78 is 17.2. The Morgan fingerprint density at radius 2 is 1.81 bits per heavy atom. The Bertz CT molecular complexity index is 1300. The molecule has 1 unspecified atom stereocenters. The number of methoxy groups -OCH3 is 2. The molecule has 1 aromatic heterocycles. The van der Waals surface area contributed by atoms with E-state index < -0.39 is 23.9 Å². The van der Waals surface area contributed by atoms with Crippen molar-refractivity contribution >= 4 is 46.9 Å². The molecule has 12 heteroatoms. The highest BCUT2D eigenvalue weighted by molar-refractivity contribution is 7.99. The first-order chi connectivity index (χ1) is 17.1. The van der Waals surface area contributed by atoms with Crippen molar-refractivity contribution in [3.8, 4) is 5.75 Å². The van der Waals surface area contributed by atoms with Crippen molar-refractivity contribution in [2.45, 2.75) is 25.1 Å². The molecule has 36 heavy (non-hydrogen) atoms. The van der Waals surface area contributed by atoms with E-state index in [0.717, 1.165) is 17.3 Å². The zero-order chi connectivity index (χ0) is 26.4. The fraction of sp³-hybridized carbons (Fsp3) is 0.292. The fourth-order valence-corrected chi connectivity index (χ4v) is 4.09. The van der Waals surface area contributed by atoms with E-state index in [0.29, 0.717) is 21.8 Å². The van der Waals surface area contributed by atoms with E-state index in [1.165, 1.54) is 32.4 Å². The van der Waals surface area contributed by atoms with Crippen LogP contribution in [-0.4, -0.2) is 52.6 Å². The van der Waals surface area contributed by atoms with Crippen LogP contribution >= 0.6 is 23.4 Å². The number of ether oxygens (including phenoxy) is 3. The summed E-state index contributed by atoms with van der Waals surface area (Å²) in [6.45, 7) is 3.74. The molecule has 0 saturated carbocycles. The van der Waals surface area contributed by atoms with Crippen LogP contribution in [0.25, 0.3) is 0 Å². The summed E-state index contributed by atoms with van der Waals surface area (Å²) >= 11 is 7.23. The predicted molar refractivity (Wildman–Crippen MR) is 135 cm³/mol. The lowest BCUT2D eigenvalue weighted by Gasteiger charge is -2.15. The number of nitrogens with one attached hydrogen (secondary N) is 1. The summed E-state index contributed by atoms with van der Waals surface area (Å²) in [4.78, 5) is 36.6. The molecule has 1 N–H and O–H groups in total. The molecule has 0 bridgehead atoms. The molecule has 1 heterocycles. The second kappa shape index (κ2) is 11.9. The Hall–Kier alpha value is -3.57. The number of esters is 2. The number of halogens is 1. The minimum absolute atomic E-state index is 0.0271. The van der Waals surface area contributed by atoms with Crippen LogP contribution in [-0.2, 0) is 21.3 Å². The quantitative estimate of drug-likeness (QED) is 0.319. The lowest BCUT2D eigenvalue weighted by atomic mass is 10.1. The molecule has 0 aliphatic carbocycles. The molecule has 3 aromatic rings. The topological polar surface area (TPSA) is 122 Å². The monoisotopic (exact) mass is 532 g/mol. The third kappa shape index (κ3) is 6.35. The molecule has 3 rings (SSSR count). The summed E-state index contributed by atoms with van der Waals surface area (Å²) in [6.07, 6.45) is -0.407. The SMILES string of the molecule is COC(=O)c1ccc(C(=O)OC)c(NC(=O)CSc2nnc(C(C)Oc3ccc(Cl)c(C)c3)n2C)c1. The lowest BCUT2D eigenvalue weighted by Crippen LogP contribution is -2.18. The lowest BCUT2D eigenvalue weighted by molar-refractivity contribution is -0.113. The number of rotatable bonds is 9. The van der Waals surface area contributed by atoms with Crippen molar-refractivity contribution in [2.75, 3.05) is 25.3 Å². The van der Waals surface area contributed by atoms with Crippen LogP contribution in [0.1, 0.15) is 45.1 Å². The number of aryl methyl sites for hydroxylation is 1. The van der Waals surface area contributed by atoms with Crippen molar-refractivity contribution < 1.29 is 28.6 Å². The molecule has 0 radical (unpaired) electrons. The molecule has 0 spiro atoms. The van der Waals surface area contributed by atoms with Crippen molar-refractivity contribution in [3.05, 3.63) is 63.9 Å². The number of amides is 1. The summed E-state index contributed by atoms with van der Waals surface area (Å²) in [6, 6.07) is 9.55. The number of aromatic nitrogens is 3. The standard InChI is InChI=1S/C24H25ClN4O6S/c1-13-10-16(7-9-18(13)25)35-14(2)21-27-28-24(29(21)3)36-12-20(30)26-19-11-15(22(31)33-4)6-8-17(19)23(32)34-5/h6-11,14H,12H2,1-5H3,(H,26,30). The average Bonchev–Trinajstić information content (AvgIpc) is 3.24. The summed E-state index contributed by atoms with van der Waals surface area (Å²) in [7, 11) is 4.24. The second-order valence-electron chi connectivity index (χ2n) is 7.65. The summed E-state index contributed by atoms with van der Waals surface area (Å²) in [5, 5.41) is 12.2. The molecule has 0 saturated heterocycles. The summed E-state index contributed by atoms with van der Waals surface area (Å²) in [5.74, 6) is -0.482. The highest BCUT2D eigenvalue weighted by atomic mass is 35.5. The molecular formula is C24H25ClN4O6S. The smallest absolute Gasteiger partial charge is 0.339 e. The third-order valence-corrected chi connectivity index (χ3v) is 6.57. The van der Waals surface area contributed by atoms with Crippen molar-refractivity contribution in [1.82, 2.24) is 14.8 Å². The number of thioether (sulfide) groups is 1. The summed E-state index contributed by atoms with van der Waals surface area (Å²) in [5.41, 5.74) is 1.31. The zero-order valence-corrected chi connectivity index (χ0v) is 21.9. The fourth-order valence-electron chi connectivity index (χ4n) is 3.25. The first-order valence-electron chi connectivity index (χ1n) is 10.7. The average molecular weight is 533 g/mol. The Kier molecular flexibility index (Phi) is 8.94. The molecule has 1 amide bonds. The van der Waals surface area contributed by atoms with Crippen LogP contribution in [0.5, 0.6) is 5.75 Å². The Balaban J connectivity index is 1.68. The molecule has 190 valence electrons. The van der Waals surface area contributed by atoms with Gasteiger partial charge in [-0.25, -0.2) is 9.59 Å². The van der Waals surface area contributed by atoms with Gasteiger partial charge in [0.05, 0.1) is 36.8 Å². The van der Waals surface area contributed by atoms with Gasteiger partial charge < -0.3 is 24.1 Å². The van der Waals surface area contributed by atoms with Crippen molar-refractivity contribution in [1.29, 1.82) is 0 Å². The van der Waals surface area contributed by atoms with Gasteiger partial charge in [-0.3, -0.25) is 4.79 Å². The largest absolute Gasteiger partial charge is 0.483 e. The molecule has 10 nitrogen and oxygen atoms in total. The molecule has 0 aliphatic rings. The molecule has 1 atom stereocenters. The van der Waals surface area contributed by atoms with E-state index in [1.807, 2.05) is 19.9 Å². The van der Waals surface area contributed by atoms with E-state index >= 15 is 0 Å². The number of hydrogen-bond donors (Lipinski definition) is 1. The maximum Gasteiger partial charge on any atom is 0.339 e. The molecule has 0 fully saturated rings. The Labute approximate surface area is 217 Å². The second-order valence-corrected chi connectivity index (χ2v) is 9.00. The normalized spacial score (nSPS) is 11.5. The van der Waals surface area contributed by atoms with Crippen molar-refractivity contribution in [2.24, 2.45) is 7.05 Å². The third-order valence-electron chi connectivity index (χ3n) is 5.13. The predicted octanol–water partition coefficient (Wildman–Crippen LogP) is 4.22. The van der Waals surface area contributed by atoms with E-state index in [2.05, 4.69) is 15.5 Å². The number of anilines is 1. The van der Waals surface area contributed by atoms with Gasteiger partial charge in [0.1, 0.15) is 5.75 Å². The number of carbonyl (C=O) groups excluding carboxylic acids is 3. The number of carbonyl (C=O) groups is 3. The van der Waals surface area contributed by atoms with Gasteiger partial charge >= 0.3 is 11.9 Å². The molecule has 0 aliphatic heterocycles. The maximum atomic E-state index is 12.7. The van der Waals surface area contributed by atoms with Gasteiger partial charge in [-0.2, -0.15) is 0 Å². The zero-order valence-electron chi connectivity index (χ0n) is 20.3. The van der Waals surface area contributed by atoms with E-state index in [4.69, 9.17) is 25.8 Å². The van der Waals surface area contributed by atoms with E-state index in [1.54, 1.807) is 23.7 Å². The first-order valence-corrected chi connectivity index (χ1v) is 12.1. The minimum Gasteiger partial charge on any atom is -0.483 e. The van der Waals surface area contributed by atoms with Gasteiger partial charge in [-0.05, 0) is 55.8 Å². The van der Waals surface area contributed by atoms with Crippen LogP contribution in [0.15, 0.2) is 41.6 Å². The van der Waals surface area contributed by atoms with Gasteiger partial charge in [0.2, 0.25) is 5.91 Å². The number of nitrogens with zero attached hydrogens (tertiary/aromatic N) is 3. The highest BCUT2D eigenvalue weighted by Gasteiger charge is 2.20. The molecular weight excluding hydrogens is 508 g/mol. The Morgan fingerprint density at radius 3 is 2.47 bits per heavy atom. The van der Waals surface area contributed by atoms with E-state index in [-0.39, 0.29) is 22.6 Å². The number of benzene rings is 2.